The molecular formula is C17H21FN6O. The number of rotatable bonds is 6. The topological polar surface area (TPSA) is 83.0 Å². The molecule has 7 nitrogen and oxygen atoms in total. The van der Waals surface area contributed by atoms with Crippen LogP contribution in [0.4, 0.5) is 16.0 Å². The molecule has 1 saturated heterocycles. The Hall–Kier alpha value is -2.77. The van der Waals surface area contributed by atoms with E-state index in [0.717, 1.165) is 37.0 Å². The Morgan fingerprint density at radius 3 is 2.76 bits per heavy atom. The Kier molecular flexibility index (Phi) is 5.37. The maximum absolute atomic E-state index is 13.1. The number of amides is 1. The lowest BCUT2D eigenvalue weighted by molar-refractivity contribution is 0.0954. The highest BCUT2D eigenvalue weighted by Gasteiger charge is 2.15. The van der Waals surface area contributed by atoms with E-state index in [1.807, 2.05) is 13.0 Å². The summed E-state index contributed by atoms with van der Waals surface area (Å²) in [6.07, 6.45) is 4.77. The van der Waals surface area contributed by atoms with Gasteiger partial charge >= 0.3 is 0 Å². The van der Waals surface area contributed by atoms with Crippen molar-refractivity contribution < 1.29 is 9.18 Å². The standard InChI is InChI=1S/C17H21FN6O/c1-12-22-15(9-16(23-12)24-6-2-3-7-24)20-4-5-21-17(25)13-8-14(18)11-19-10-13/h8-11H,2-7H2,1H3,(H,21,25)(H,20,22,23). The molecule has 2 aromatic heterocycles. The quantitative estimate of drug-likeness (QED) is 0.777. The summed E-state index contributed by atoms with van der Waals surface area (Å²) in [5.74, 6) is 1.49. The fraction of sp³-hybridized carbons (Fsp3) is 0.412. The van der Waals surface area contributed by atoms with Crippen molar-refractivity contribution in [1.29, 1.82) is 0 Å². The number of carbonyl (C=O) groups excluding carboxylic acids is 1. The van der Waals surface area contributed by atoms with E-state index >= 15 is 0 Å². The van der Waals surface area contributed by atoms with Gasteiger partial charge in [-0.05, 0) is 25.8 Å². The molecule has 3 rings (SSSR count). The van der Waals surface area contributed by atoms with E-state index < -0.39 is 5.82 Å². The summed E-state index contributed by atoms with van der Waals surface area (Å²) >= 11 is 0. The first kappa shape index (κ1) is 17.1. The van der Waals surface area contributed by atoms with Crippen molar-refractivity contribution in [3.8, 4) is 0 Å². The van der Waals surface area contributed by atoms with Crippen LogP contribution in [0.2, 0.25) is 0 Å². The van der Waals surface area contributed by atoms with Gasteiger partial charge in [0, 0.05) is 38.4 Å². The van der Waals surface area contributed by atoms with Crippen molar-refractivity contribution in [2.24, 2.45) is 0 Å². The molecule has 0 bridgehead atoms. The highest BCUT2D eigenvalue weighted by atomic mass is 19.1. The van der Waals surface area contributed by atoms with Gasteiger partial charge in [-0.3, -0.25) is 9.78 Å². The molecule has 3 heterocycles. The van der Waals surface area contributed by atoms with Gasteiger partial charge in [0.05, 0.1) is 11.8 Å². The second-order valence-electron chi connectivity index (χ2n) is 5.93. The molecule has 2 N–H and O–H groups in total. The van der Waals surface area contributed by atoms with Crippen LogP contribution in [0.1, 0.15) is 29.0 Å². The van der Waals surface area contributed by atoms with E-state index in [1.165, 1.54) is 19.0 Å². The number of halogens is 1. The van der Waals surface area contributed by atoms with Gasteiger partial charge in [-0.25, -0.2) is 14.4 Å². The summed E-state index contributed by atoms with van der Waals surface area (Å²) in [7, 11) is 0. The first-order valence-corrected chi connectivity index (χ1v) is 8.35. The SMILES string of the molecule is Cc1nc(NCCNC(=O)c2cncc(F)c2)cc(N2CCCC2)n1. The number of aromatic nitrogens is 3. The van der Waals surface area contributed by atoms with Crippen LogP contribution in [0.5, 0.6) is 0 Å². The highest BCUT2D eigenvalue weighted by Crippen LogP contribution is 2.20. The summed E-state index contributed by atoms with van der Waals surface area (Å²) in [6.45, 7) is 4.80. The molecule has 0 aromatic carbocycles. The number of nitrogens with one attached hydrogen (secondary N) is 2. The van der Waals surface area contributed by atoms with E-state index in [4.69, 9.17) is 0 Å². The second-order valence-corrected chi connectivity index (χ2v) is 5.93. The van der Waals surface area contributed by atoms with Gasteiger partial charge in [0.15, 0.2) is 0 Å². The molecule has 2 aromatic rings. The van der Waals surface area contributed by atoms with E-state index in [9.17, 15) is 9.18 Å². The van der Waals surface area contributed by atoms with Gasteiger partial charge in [0.1, 0.15) is 23.3 Å². The molecule has 8 heteroatoms. The van der Waals surface area contributed by atoms with Crippen LogP contribution >= 0.6 is 0 Å². The minimum absolute atomic E-state index is 0.203. The van der Waals surface area contributed by atoms with Crippen molar-refractivity contribution in [1.82, 2.24) is 20.3 Å². The predicted octanol–water partition coefficient (Wildman–Crippen LogP) is 1.76. The summed E-state index contributed by atoms with van der Waals surface area (Å²) < 4.78 is 13.1. The maximum atomic E-state index is 13.1. The van der Waals surface area contributed by atoms with Gasteiger partial charge in [-0.2, -0.15) is 0 Å². The number of hydrogen-bond donors (Lipinski definition) is 2. The van der Waals surface area contributed by atoms with Crippen molar-refractivity contribution >= 4 is 17.5 Å². The number of aryl methyl sites for hydroxylation is 1. The third-order valence-corrected chi connectivity index (χ3v) is 3.94. The number of nitrogens with zero attached hydrogens (tertiary/aromatic N) is 4. The van der Waals surface area contributed by atoms with Crippen molar-refractivity contribution in [2.45, 2.75) is 19.8 Å². The van der Waals surface area contributed by atoms with E-state index in [2.05, 4.69) is 30.5 Å². The minimum Gasteiger partial charge on any atom is -0.368 e. The molecule has 0 spiro atoms. The molecule has 0 radical (unpaired) electrons. The fourth-order valence-corrected chi connectivity index (χ4v) is 2.76. The van der Waals surface area contributed by atoms with Gasteiger partial charge in [-0.15, -0.1) is 0 Å². The number of hydrogen-bond acceptors (Lipinski definition) is 6. The Morgan fingerprint density at radius 1 is 1.20 bits per heavy atom. The Morgan fingerprint density at radius 2 is 2.00 bits per heavy atom. The van der Waals surface area contributed by atoms with Crippen molar-refractivity contribution in [2.75, 3.05) is 36.4 Å². The van der Waals surface area contributed by atoms with Crippen LogP contribution in [0, 0.1) is 12.7 Å². The van der Waals surface area contributed by atoms with Crippen molar-refractivity contribution in [3.05, 3.63) is 41.7 Å². The number of anilines is 2. The van der Waals surface area contributed by atoms with Crippen LogP contribution < -0.4 is 15.5 Å². The fourth-order valence-electron chi connectivity index (χ4n) is 2.76. The Balaban J connectivity index is 1.51. The average molecular weight is 344 g/mol. The van der Waals surface area contributed by atoms with Crippen LogP contribution in [0.3, 0.4) is 0 Å². The van der Waals surface area contributed by atoms with Crippen LogP contribution in [0.15, 0.2) is 24.5 Å². The summed E-state index contributed by atoms with van der Waals surface area (Å²) in [4.78, 5) is 26.7. The van der Waals surface area contributed by atoms with Gasteiger partial charge in [0.25, 0.3) is 5.91 Å². The van der Waals surface area contributed by atoms with Gasteiger partial charge < -0.3 is 15.5 Å². The smallest absolute Gasteiger partial charge is 0.253 e. The molecule has 0 aliphatic carbocycles. The summed E-state index contributed by atoms with van der Waals surface area (Å²) in [6, 6.07) is 3.09. The molecule has 0 unspecified atom stereocenters. The van der Waals surface area contributed by atoms with Crippen LogP contribution in [-0.4, -0.2) is 47.0 Å². The summed E-state index contributed by atoms with van der Waals surface area (Å²) in [5.41, 5.74) is 0.203. The Bertz CT molecular complexity index is 748. The van der Waals surface area contributed by atoms with E-state index in [0.29, 0.717) is 18.9 Å². The van der Waals surface area contributed by atoms with E-state index in [1.54, 1.807) is 0 Å². The molecule has 0 atom stereocenters. The lowest BCUT2D eigenvalue weighted by atomic mass is 10.2. The zero-order valence-electron chi connectivity index (χ0n) is 14.1. The molecule has 1 aliphatic rings. The molecule has 1 fully saturated rings. The molecule has 132 valence electrons. The zero-order chi connectivity index (χ0) is 17.6. The Labute approximate surface area is 145 Å². The predicted molar refractivity (Wildman–Crippen MR) is 93.2 cm³/mol. The third-order valence-electron chi connectivity index (χ3n) is 3.94. The lowest BCUT2D eigenvalue weighted by Crippen LogP contribution is -2.29. The normalized spacial score (nSPS) is 13.8. The maximum Gasteiger partial charge on any atom is 0.253 e. The molecule has 25 heavy (non-hydrogen) atoms. The molecular weight excluding hydrogens is 323 g/mol. The van der Waals surface area contributed by atoms with E-state index in [-0.39, 0.29) is 11.5 Å². The van der Waals surface area contributed by atoms with Crippen LogP contribution in [0.25, 0.3) is 0 Å². The first-order valence-electron chi connectivity index (χ1n) is 8.35. The highest BCUT2D eigenvalue weighted by molar-refractivity contribution is 5.93. The monoisotopic (exact) mass is 344 g/mol. The largest absolute Gasteiger partial charge is 0.368 e. The minimum atomic E-state index is -0.531. The van der Waals surface area contributed by atoms with Crippen LogP contribution in [-0.2, 0) is 0 Å². The lowest BCUT2D eigenvalue weighted by Gasteiger charge is -2.17. The molecule has 0 saturated carbocycles. The van der Waals surface area contributed by atoms with Gasteiger partial charge in [-0.1, -0.05) is 0 Å². The molecule has 1 aliphatic heterocycles. The van der Waals surface area contributed by atoms with Crippen molar-refractivity contribution in [3.63, 3.8) is 0 Å². The third kappa shape index (κ3) is 4.62. The average Bonchev–Trinajstić information content (AvgIpc) is 3.13. The van der Waals surface area contributed by atoms with Gasteiger partial charge in [0.2, 0.25) is 0 Å². The number of pyridine rings is 1. The number of carbonyl (C=O) groups is 1. The second kappa shape index (κ2) is 7.87. The summed E-state index contributed by atoms with van der Waals surface area (Å²) in [5, 5.41) is 5.90. The molecule has 1 amide bonds. The first-order chi connectivity index (χ1) is 12.1. The zero-order valence-corrected chi connectivity index (χ0v) is 14.1.